The second-order valence-corrected chi connectivity index (χ2v) is 5.50. The Balaban J connectivity index is 0.00000264. The van der Waals surface area contributed by atoms with E-state index in [0.717, 1.165) is 19.3 Å². The molecule has 2 rings (SSSR count). The Hall–Kier alpha value is -1.79. The minimum absolute atomic E-state index is 0. The van der Waals surface area contributed by atoms with Gasteiger partial charge in [0.2, 0.25) is 5.91 Å². The number of methoxy groups -OCH3 is 1. The third kappa shape index (κ3) is 6.08. The number of rotatable bonds is 6. The molecule has 0 radical (unpaired) electrons. The van der Waals surface area contributed by atoms with Crippen molar-refractivity contribution in [1.82, 2.24) is 0 Å². The van der Waals surface area contributed by atoms with E-state index < -0.39 is 5.97 Å². The summed E-state index contributed by atoms with van der Waals surface area (Å²) in [5.74, 6) is 0.261. The standard InChI is InChI=1S/C16H22N2O4.ClH/c1-21-16(20)10-22-13-6-3-5-12(9-13)18-15(19)8-11-4-2-7-14(11)17;/h3,5-6,9,11,14H,2,4,7-8,10,17H2,1H3,(H,18,19);1H/t11-,14+;/m0./s1. The summed E-state index contributed by atoms with van der Waals surface area (Å²) in [6, 6.07) is 7.04. The summed E-state index contributed by atoms with van der Waals surface area (Å²) in [6.07, 6.45) is 3.54. The number of hydrogen-bond acceptors (Lipinski definition) is 5. The van der Waals surface area contributed by atoms with E-state index in [2.05, 4.69) is 10.1 Å². The van der Waals surface area contributed by atoms with Gasteiger partial charge in [0, 0.05) is 24.2 Å². The highest BCUT2D eigenvalue weighted by Gasteiger charge is 2.26. The Labute approximate surface area is 142 Å². The number of benzene rings is 1. The van der Waals surface area contributed by atoms with Crippen LogP contribution in [-0.2, 0) is 14.3 Å². The Bertz CT molecular complexity index is 539. The second-order valence-electron chi connectivity index (χ2n) is 5.50. The van der Waals surface area contributed by atoms with Crippen LogP contribution in [0.15, 0.2) is 24.3 Å². The van der Waals surface area contributed by atoms with E-state index in [1.807, 2.05) is 0 Å². The third-order valence-corrected chi connectivity index (χ3v) is 3.87. The molecule has 1 aromatic carbocycles. The number of hydrogen-bond donors (Lipinski definition) is 2. The van der Waals surface area contributed by atoms with E-state index in [0.29, 0.717) is 17.9 Å². The van der Waals surface area contributed by atoms with Gasteiger partial charge in [0.25, 0.3) is 0 Å². The van der Waals surface area contributed by atoms with E-state index in [1.165, 1.54) is 7.11 Å². The molecule has 6 nitrogen and oxygen atoms in total. The lowest BCUT2D eigenvalue weighted by Crippen LogP contribution is -2.28. The minimum atomic E-state index is -0.454. The summed E-state index contributed by atoms with van der Waals surface area (Å²) < 4.78 is 9.79. The first kappa shape index (κ1) is 19.3. The maximum absolute atomic E-state index is 12.1. The van der Waals surface area contributed by atoms with Crippen molar-refractivity contribution in [3.63, 3.8) is 0 Å². The molecule has 1 aliphatic rings. The average molecular weight is 343 g/mol. The van der Waals surface area contributed by atoms with Gasteiger partial charge in [-0.3, -0.25) is 4.79 Å². The number of amides is 1. The van der Waals surface area contributed by atoms with Gasteiger partial charge >= 0.3 is 5.97 Å². The van der Waals surface area contributed by atoms with Gasteiger partial charge in [0.05, 0.1) is 7.11 Å². The molecule has 23 heavy (non-hydrogen) atoms. The normalized spacial score (nSPS) is 19.6. The molecule has 0 saturated heterocycles. The molecular weight excluding hydrogens is 320 g/mol. The number of halogens is 1. The zero-order valence-electron chi connectivity index (χ0n) is 13.1. The topological polar surface area (TPSA) is 90.6 Å². The number of nitrogens with two attached hydrogens (primary N) is 1. The van der Waals surface area contributed by atoms with Crippen molar-refractivity contribution in [3.8, 4) is 5.75 Å². The first-order valence-electron chi connectivity index (χ1n) is 7.43. The van der Waals surface area contributed by atoms with Crippen molar-refractivity contribution in [2.24, 2.45) is 11.7 Å². The molecular formula is C16H23ClN2O4. The predicted octanol–water partition coefficient (Wildman–Crippen LogP) is 2.12. The Morgan fingerprint density at radius 1 is 1.35 bits per heavy atom. The van der Waals surface area contributed by atoms with Gasteiger partial charge in [0.15, 0.2) is 6.61 Å². The van der Waals surface area contributed by atoms with Crippen molar-refractivity contribution >= 4 is 30.0 Å². The Morgan fingerprint density at radius 3 is 2.78 bits per heavy atom. The van der Waals surface area contributed by atoms with Crippen LogP contribution in [0.4, 0.5) is 5.69 Å². The van der Waals surface area contributed by atoms with E-state index in [1.54, 1.807) is 24.3 Å². The molecule has 0 aromatic heterocycles. The van der Waals surface area contributed by atoms with Crippen molar-refractivity contribution in [2.75, 3.05) is 19.0 Å². The van der Waals surface area contributed by atoms with E-state index in [4.69, 9.17) is 10.5 Å². The van der Waals surface area contributed by atoms with Crippen molar-refractivity contribution in [3.05, 3.63) is 24.3 Å². The molecule has 2 atom stereocenters. The molecule has 3 N–H and O–H groups in total. The van der Waals surface area contributed by atoms with Crippen LogP contribution in [0.1, 0.15) is 25.7 Å². The van der Waals surface area contributed by atoms with Gasteiger partial charge in [0.1, 0.15) is 5.75 Å². The van der Waals surface area contributed by atoms with E-state index in [-0.39, 0.29) is 36.9 Å². The second kappa shape index (κ2) is 9.37. The number of anilines is 1. The fraction of sp³-hybridized carbons (Fsp3) is 0.500. The molecule has 1 saturated carbocycles. The average Bonchev–Trinajstić information content (AvgIpc) is 2.90. The lowest BCUT2D eigenvalue weighted by molar-refractivity contribution is -0.142. The molecule has 0 unspecified atom stereocenters. The smallest absolute Gasteiger partial charge is 0.343 e. The van der Waals surface area contributed by atoms with Crippen LogP contribution in [0.5, 0.6) is 5.75 Å². The van der Waals surface area contributed by atoms with Gasteiger partial charge in [-0.2, -0.15) is 0 Å². The monoisotopic (exact) mass is 342 g/mol. The molecule has 0 bridgehead atoms. The minimum Gasteiger partial charge on any atom is -0.482 e. The summed E-state index contributed by atoms with van der Waals surface area (Å²) >= 11 is 0. The number of carbonyl (C=O) groups is 2. The van der Waals surface area contributed by atoms with Gasteiger partial charge in [-0.15, -0.1) is 12.4 Å². The Kier molecular flexibility index (Phi) is 7.85. The lowest BCUT2D eigenvalue weighted by Gasteiger charge is -2.15. The molecule has 0 spiro atoms. The number of nitrogens with one attached hydrogen (secondary N) is 1. The maximum atomic E-state index is 12.1. The molecule has 7 heteroatoms. The first-order chi connectivity index (χ1) is 10.6. The fourth-order valence-electron chi connectivity index (χ4n) is 2.63. The molecule has 1 aromatic rings. The number of carbonyl (C=O) groups excluding carboxylic acids is 2. The highest BCUT2D eigenvalue weighted by atomic mass is 35.5. The van der Waals surface area contributed by atoms with Crippen LogP contribution in [0.25, 0.3) is 0 Å². The summed E-state index contributed by atoms with van der Waals surface area (Å²) in [6.45, 7) is -0.162. The zero-order chi connectivity index (χ0) is 15.9. The quantitative estimate of drug-likeness (QED) is 0.773. The van der Waals surface area contributed by atoms with Crippen LogP contribution in [0.3, 0.4) is 0 Å². The molecule has 1 aliphatic carbocycles. The van der Waals surface area contributed by atoms with Crippen molar-refractivity contribution < 1.29 is 19.1 Å². The zero-order valence-corrected chi connectivity index (χ0v) is 13.9. The Morgan fingerprint density at radius 2 is 2.13 bits per heavy atom. The summed E-state index contributed by atoms with van der Waals surface area (Å²) in [7, 11) is 1.30. The van der Waals surface area contributed by atoms with Crippen molar-refractivity contribution in [2.45, 2.75) is 31.7 Å². The number of ether oxygens (including phenoxy) is 2. The van der Waals surface area contributed by atoms with Crippen LogP contribution in [-0.4, -0.2) is 31.6 Å². The number of esters is 1. The largest absolute Gasteiger partial charge is 0.482 e. The van der Waals surface area contributed by atoms with Gasteiger partial charge in [-0.05, 0) is 30.9 Å². The van der Waals surface area contributed by atoms with Crippen molar-refractivity contribution in [1.29, 1.82) is 0 Å². The van der Waals surface area contributed by atoms with Crippen LogP contribution >= 0.6 is 12.4 Å². The maximum Gasteiger partial charge on any atom is 0.343 e. The van der Waals surface area contributed by atoms with Crippen LogP contribution in [0, 0.1) is 5.92 Å². The van der Waals surface area contributed by atoms with Gasteiger partial charge < -0.3 is 20.5 Å². The van der Waals surface area contributed by atoms with E-state index >= 15 is 0 Å². The first-order valence-corrected chi connectivity index (χ1v) is 7.43. The third-order valence-electron chi connectivity index (χ3n) is 3.87. The predicted molar refractivity (Wildman–Crippen MR) is 89.8 cm³/mol. The van der Waals surface area contributed by atoms with Gasteiger partial charge in [-0.25, -0.2) is 4.79 Å². The van der Waals surface area contributed by atoms with Crippen LogP contribution in [0.2, 0.25) is 0 Å². The van der Waals surface area contributed by atoms with Crippen LogP contribution < -0.4 is 15.8 Å². The highest BCUT2D eigenvalue weighted by Crippen LogP contribution is 2.27. The molecule has 0 heterocycles. The molecule has 1 fully saturated rings. The highest BCUT2D eigenvalue weighted by molar-refractivity contribution is 5.91. The summed E-state index contributed by atoms with van der Waals surface area (Å²) in [4.78, 5) is 23.1. The summed E-state index contributed by atoms with van der Waals surface area (Å²) in [5.41, 5.74) is 6.62. The summed E-state index contributed by atoms with van der Waals surface area (Å²) in [5, 5.41) is 2.84. The molecule has 128 valence electrons. The SMILES string of the molecule is COC(=O)COc1cccc(NC(=O)C[C@@H]2CCC[C@H]2N)c1.Cl. The lowest BCUT2D eigenvalue weighted by atomic mass is 10.00. The molecule has 0 aliphatic heterocycles. The molecule has 1 amide bonds. The van der Waals surface area contributed by atoms with E-state index in [9.17, 15) is 9.59 Å². The van der Waals surface area contributed by atoms with Gasteiger partial charge in [-0.1, -0.05) is 12.5 Å². The fourth-order valence-corrected chi connectivity index (χ4v) is 2.63.